The zero-order valence-corrected chi connectivity index (χ0v) is 22.6. The molecule has 2 N–H and O–H groups in total. The summed E-state index contributed by atoms with van der Waals surface area (Å²) in [5.74, 6) is 1.76. The average Bonchev–Trinajstić information content (AvgIpc) is 2.75. The van der Waals surface area contributed by atoms with Gasteiger partial charge in [0.2, 0.25) is 11.8 Å². The molecule has 3 unspecified atom stereocenters. The van der Waals surface area contributed by atoms with Crippen molar-refractivity contribution >= 4 is 17.9 Å². The van der Waals surface area contributed by atoms with Gasteiger partial charge in [-0.2, -0.15) is 0 Å². The van der Waals surface area contributed by atoms with Gasteiger partial charge in [0.15, 0.2) is 0 Å². The van der Waals surface area contributed by atoms with Crippen molar-refractivity contribution < 1.29 is 19.1 Å². The Kier molecular flexibility index (Phi) is 11.8. The van der Waals surface area contributed by atoms with E-state index in [4.69, 9.17) is 11.2 Å². The molecule has 0 bridgehead atoms. The fraction of sp³-hybridized carbons (Fsp3) is 0.607. The Morgan fingerprint density at radius 3 is 2.09 bits per heavy atom. The standard InChI is InChI=1S/C28H43N3O4/c1-10-13-20(6)29-25(32)24(22-16-14-21(12-3)15-17-22)31(18-11-2)26(33)23(19(4)5)30-27(34)35-28(7,8)9/h3,14-17,19-20,23-24H,10-11,13,18H2,1-2,4-9H3,(H,29,32)(H,30,34). The molecule has 0 fully saturated rings. The summed E-state index contributed by atoms with van der Waals surface area (Å²) >= 11 is 0. The molecule has 0 aliphatic heterocycles. The number of amides is 3. The van der Waals surface area contributed by atoms with Crippen molar-refractivity contribution in [2.24, 2.45) is 5.92 Å². The highest BCUT2D eigenvalue weighted by Gasteiger charge is 2.37. The fourth-order valence-electron chi connectivity index (χ4n) is 3.80. The number of terminal acetylenes is 1. The lowest BCUT2D eigenvalue weighted by Gasteiger charge is -2.36. The molecule has 3 amide bonds. The summed E-state index contributed by atoms with van der Waals surface area (Å²) in [6.07, 6.45) is 7.23. The topological polar surface area (TPSA) is 87.7 Å². The largest absolute Gasteiger partial charge is 0.444 e. The van der Waals surface area contributed by atoms with Crippen molar-refractivity contribution in [2.75, 3.05) is 6.54 Å². The number of hydrogen-bond donors (Lipinski definition) is 2. The van der Waals surface area contributed by atoms with E-state index in [9.17, 15) is 14.4 Å². The van der Waals surface area contributed by atoms with Crippen molar-refractivity contribution in [3.05, 3.63) is 35.4 Å². The molecule has 0 saturated carbocycles. The monoisotopic (exact) mass is 485 g/mol. The van der Waals surface area contributed by atoms with E-state index in [0.29, 0.717) is 24.1 Å². The SMILES string of the molecule is C#Cc1ccc(C(C(=O)NC(C)CCC)N(CCC)C(=O)C(NC(=O)OC(C)(C)C)C(C)C)cc1. The third kappa shape index (κ3) is 9.64. The predicted molar refractivity (Wildman–Crippen MR) is 140 cm³/mol. The maximum absolute atomic E-state index is 13.9. The summed E-state index contributed by atoms with van der Waals surface area (Å²) < 4.78 is 5.39. The van der Waals surface area contributed by atoms with Crippen LogP contribution in [0.15, 0.2) is 24.3 Å². The molecule has 7 heteroatoms. The first-order chi connectivity index (χ1) is 16.3. The third-order valence-electron chi connectivity index (χ3n) is 5.42. The molecule has 35 heavy (non-hydrogen) atoms. The van der Waals surface area contributed by atoms with E-state index in [1.807, 2.05) is 27.7 Å². The van der Waals surface area contributed by atoms with Crippen LogP contribution >= 0.6 is 0 Å². The Balaban J connectivity index is 3.42. The summed E-state index contributed by atoms with van der Waals surface area (Å²) in [5, 5.41) is 5.78. The van der Waals surface area contributed by atoms with Crippen LogP contribution in [0.4, 0.5) is 4.79 Å². The molecular weight excluding hydrogens is 442 g/mol. The van der Waals surface area contributed by atoms with Crippen LogP contribution in [0.1, 0.15) is 91.8 Å². The molecule has 1 aromatic rings. The summed E-state index contributed by atoms with van der Waals surface area (Å²) in [4.78, 5) is 41.5. The molecule has 0 saturated heterocycles. The van der Waals surface area contributed by atoms with E-state index >= 15 is 0 Å². The highest BCUT2D eigenvalue weighted by Crippen LogP contribution is 2.25. The Morgan fingerprint density at radius 1 is 1.03 bits per heavy atom. The molecule has 1 aromatic carbocycles. The minimum atomic E-state index is -0.865. The van der Waals surface area contributed by atoms with E-state index in [2.05, 4.69) is 23.5 Å². The Hall–Kier alpha value is -3.01. The lowest BCUT2D eigenvalue weighted by atomic mass is 9.97. The molecule has 0 spiro atoms. The number of ether oxygens (including phenoxy) is 1. The Bertz CT molecular complexity index is 881. The van der Waals surface area contributed by atoms with Crippen LogP contribution in [0.3, 0.4) is 0 Å². The molecule has 0 aromatic heterocycles. The molecule has 1 rings (SSSR count). The van der Waals surface area contributed by atoms with Crippen LogP contribution in [0.5, 0.6) is 0 Å². The smallest absolute Gasteiger partial charge is 0.408 e. The second-order valence-corrected chi connectivity index (χ2v) is 10.3. The molecule has 7 nitrogen and oxygen atoms in total. The van der Waals surface area contributed by atoms with Crippen molar-refractivity contribution in [1.29, 1.82) is 0 Å². The molecule has 3 atom stereocenters. The van der Waals surface area contributed by atoms with Gasteiger partial charge in [-0.05, 0) is 64.2 Å². The Morgan fingerprint density at radius 2 is 1.63 bits per heavy atom. The number of rotatable bonds is 11. The number of nitrogens with one attached hydrogen (secondary N) is 2. The summed E-state index contributed by atoms with van der Waals surface area (Å²) in [6.45, 7) is 15.3. The zero-order chi connectivity index (χ0) is 26.8. The van der Waals surface area contributed by atoms with Gasteiger partial charge in [0.05, 0.1) is 0 Å². The second-order valence-electron chi connectivity index (χ2n) is 10.3. The average molecular weight is 486 g/mol. The fourth-order valence-corrected chi connectivity index (χ4v) is 3.80. The van der Waals surface area contributed by atoms with E-state index < -0.39 is 23.8 Å². The van der Waals surface area contributed by atoms with Crippen molar-refractivity contribution in [3.63, 3.8) is 0 Å². The van der Waals surface area contributed by atoms with E-state index in [0.717, 1.165) is 12.8 Å². The van der Waals surface area contributed by atoms with Crippen LogP contribution < -0.4 is 10.6 Å². The van der Waals surface area contributed by atoms with Crippen LogP contribution in [-0.4, -0.2) is 47.0 Å². The van der Waals surface area contributed by atoms with Gasteiger partial charge in [0.1, 0.15) is 17.7 Å². The minimum Gasteiger partial charge on any atom is -0.444 e. The number of hydrogen-bond acceptors (Lipinski definition) is 4. The first-order valence-corrected chi connectivity index (χ1v) is 12.5. The van der Waals surface area contributed by atoms with Crippen molar-refractivity contribution in [2.45, 2.75) is 98.4 Å². The summed E-state index contributed by atoms with van der Waals surface area (Å²) in [7, 11) is 0. The number of nitrogens with zero attached hydrogens (tertiary/aromatic N) is 1. The third-order valence-corrected chi connectivity index (χ3v) is 5.42. The van der Waals surface area contributed by atoms with Gasteiger partial charge in [-0.1, -0.05) is 52.2 Å². The summed E-state index contributed by atoms with van der Waals surface area (Å²) in [6, 6.07) is 5.33. The highest BCUT2D eigenvalue weighted by molar-refractivity contribution is 5.92. The first kappa shape index (κ1) is 30.0. The maximum Gasteiger partial charge on any atom is 0.408 e. The van der Waals surface area contributed by atoms with Crippen LogP contribution in [0.2, 0.25) is 0 Å². The molecule has 0 radical (unpaired) electrons. The van der Waals surface area contributed by atoms with Crippen LogP contribution in [-0.2, 0) is 14.3 Å². The van der Waals surface area contributed by atoms with E-state index in [-0.39, 0.29) is 23.8 Å². The van der Waals surface area contributed by atoms with E-state index in [1.165, 1.54) is 0 Å². The summed E-state index contributed by atoms with van der Waals surface area (Å²) in [5.41, 5.74) is 0.646. The maximum atomic E-state index is 13.9. The molecule has 0 aliphatic rings. The van der Waals surface area contributed by atoms with Gasteiger partial charge in [-0.15, -0.1) is 6.42 Å². The molecule has 194 valence electrons. The van der Waals surface area contributed by atoms with Crippen molar-refractivity contribution in [1.82, 2.24) is 15.5 Å². The quantitative estimate of drug-likeness (QED) is 0.441. The number of carbonyl (C=O) groups excluding carboxylic acids is 3. The van der Waals surface area contributed by atoms with Gasteiger partial charge in [-0.25, -0.2) is 4.79 Å². The number of benzene rings is 1. The van der Waals surface area contributed by atoms with Gasteiger partial charge in [-0.3, -0.25) is 9.59 Å². The van der Waals surface area contributed by atoms with Gasteiger partial charge in [0, 0.05) is 18.2 Å². The second kappa shape index (κ2) is 13.8. The first-order valence-electron chi connectivity index (χ1n) is 12.5. The predicted octanol–water partition coefficient (Wildman–Crippen LogP) is 4.80. The number of carbonyl (C=O) groups is 3. The lowest BCUT2D eigenvalue weighted by molar-refractivity contribution is -0.143. The normalized spacial score (nSPS) is 13.8. The highest BCUT2D eigenvalue weighted by atomic mass is 16.6. The molecular formula is C28H43N3O4. The van der Waals surface area contributed by atoms with Gasteiger partial charge in [0.25, 0.3) is 0 Å². The number of alkyl carbamates (subject to hydrolysis) is 1. The van der Waals surface area contributed by atoms with Crippen LogP contribution in [0.25, 0.3) is 0 Å². The zero-order valence-electron chi connectivity index (χ0n) is 22.6. The Labute approximate surface area is 211 Å². The van der Waals surface area contributed by atoms with Crippen LogP contribution in [0, 0.1) is 18.3 Å². The molecule has 0 heterocycles. The van der Waals surface area contributed by atoms with Gasteiger partial charge >= 0.3 is 6.09 Å². The van der Waals surface area contributed by atoms with Gasteiger partial charge < -0.3 is 20.3 Å². The molecule has 0 aliphatic carbocycles. The van der Waals surface area contributed by atoms with E-state index in [1.54, 1.807) is 49.9 Å². The lowest BCUT2D eigenvalue weighted by Crippen LogP contribution is -2.55. The van der Waals surface area contributed by atoms with Crippen molar-refractivity contribution in [3.8, 4) is 12.3 Å². The minimum absolute atomic E-state index is 0.0423.